The first-order chi connectivity index (χ1) is 10.4. The maximum absolute atomic E-state index is 12.9. The van der Waals surface area contributed by atoms with Gasteiger partial charge in [-0.2, -0.15) is 13.2 Å². The highest BCUT2D eigenvalue weighted by molar-refractivity contribution is 5.47. The average Bonchev–Trinajstić information content (AvgIpc) is 2.52. The molecule has 0 aromatic heterocycles. The number of halogens is 3. The SMILES string of the molecule is COC(C)c1cccc(NCc2ccccc2C(F)(F)F)c1. The second-order valence-electron chi connectivity index (χ2n) is 5.01. The summed E-state index contributed by atoms with van der Waals surface area (Å²) in [6, 6.07) is 13.1. The smallest absolute Gasteiger partial charge is 0.381 e. The quantitative estimate of drug-likeness (QED) is 0.837. The molecule has 0 aliphatic carbocycles. The summed E-state index contributed by atoms with van der Waals surface area (Å²) in [5.74, 6) is 0. The van der Waals surface area contributed by atoms with Crippen molar-refractivity contribution in [3.8, 4) is 0 Å². The molecule has 0 spiro atoms. The summed E-state index contributed by atoms with van der Waals surface area (Å²) in [4.78, 5) is 0. The molecule has 0 heterocycles. The van der Waals surface area contributed by atoms with E-state index in [9.17, 15) is 13.2 Å². The highest BCUT2D eigenvalue weighted by atomic mass is 19.4. The van der Waals surface area contributed by atoms with Gasteiger partial charge in [-0.3, -0.25) is 0 Å². The summed E-state index contributed by atoms with van der Waals surface area (Å²) in [5, 5.41) is 3.04. The first-order valence-electron chi connectivity index (χ1n) is 6.93. The first kappa shape index (κ1) is 16.4. The fraction of sp³-hybridized carbons (Fsp3) is 0.294. The molecule has 1 atom stereocenters. The first-order valence-corrected chi connectivity index (χ1v) is 6.93. The molecule has 0 amide bonds. The molecule has 2 rings (SSSR count). The van der Waals surface area contributed by atoms with Crippen LogP contribution in [0.4, 0.5) is 18.9 Å². The van der Waals surface area contributed by atoms with Crippen LogP contribution in [-0.2, 0) is 17.5 Å². The van der Waals surface area contributed by atoms with E-state index in [4.69, 9.17) is 4.74 Å². The predicted molar refractivity (Wildman–Crippen MR) is 80.6 cm³/mol. The number of hydrogen-bond acceptors (Lipinski definition) is 2. The van der Waals surface area contributed by atoms with Gasteiger partial charge in [0, 0.05) is 19.3 Å². The minimum atomic E-state index is -4.34. The lowest BCUT2D eigenvalue weighted by Crippen LogP contribution is -2.11. The van der Waals surface area contributed by atoms with Gasteiger partial charge in [-0.05, 0) is 36.2 Å². The molecule has 22 heavy (non-hydrogen) atoms. The third-order valence-electron chi connectivity index (χ3n) is 3.52. The van der Waals surface area contributed by atoms with Crippen LogP contribution in [0.5, 0.6) is 0 Å². The fourth-order valence-electron chi connectivity index (χ4n) is 2.19. The van der Waals surface area contributed by atoms with Crippen molar-refractivity contribution in [1.29, 1.82) is 0 Å². The number of benzene rings is 2. The Morgan fingerprint density at radius 2 is 1.82 bits per heavy atom. The molecule has 2 nitrogen and oxygen atoms in total. The Kier molecular flexibility index (Phi) is 5.08. The van der Waals surface area contributed by atoms with Crippen molar-refractivity contribution in [1.82, 2.24) is 0 Å². The third kappa shape index (κ3) is 4.01. The topological polar surface area (TPSA) is 21.3 Å². The predicted octanol–water partition coefficient (Wildman–Crippen LogP) is 5.02. The molecule has 0 fully saturated rings. The van der Waals surface area contributed by atoms with Crippen LogP contribution in [0.1, 0.15) is 29.7 Å². The molecule has 0 radical (unpaired) electrons. The van der Waals surface area contributed by atoms with E-state index < -0.39 is 11.7 Å². The second kappa shape index (κ2) is 6.83. The van der Waals surface area contributed by atoms with Gasteiger partial charge in [-0.1, -0.05) is 30.3 Å². The van der Waals surface area contributed by atoms with Gasteiger partial charge in [0.1, 0.15) is 0 Å². The van der Waals surface area contributed by atoms with Crippen LogP contribution in [0.3, 0.4) is 0 Å². The molecule has 0 bridgehead atoms. The van der Waals surface area contributed by atoms with E-state index in [1.807, 2.05) is 31.2 Å². The average molecular weight is 309 g/mol. The third-order valence-corrected chi connectivity index (χ3v) is 3.52. The molecular weight excluding hydrogens is 291 g/mol. The highest BCUT2D eigenvalue weighted by Gasteiger charge is 2.32. The van der Waals surface area contributed by atoms with E-state index in [0.717, 1.165) is 17.3 Å². The van der Waals surface area contributed by atoms with Crippen molar-refractivity contribution < 1.29 is 17.9 Å². The van der Waals surface area contributed by atoms with Crippen molar-refractivity contribution in [2.45, 2.75) is 25.7 Å². The molecule has 5 heteroatoms. The molecule has 2 aromatic carbocycles. The Labute approximate surface area is 127 Å². The number of nitrogens with one attached hydrogen (secondary N) is 1. The zero-order valence-corrected chi connectivity index (χ0v) is 12.4. The maximum Gasteiger partial charge on any atom is 0.416 e. The van der Waals surface area contributed by atoms with Crippen LogP contribution in [0.2, 0.25) is 0 Å². The number of anilines is 1. The molecule has 0 aliphatic heterocycles. The number of methoxy groups -OCH3 is 1. The lowest BCUT2D eigenvalue weighted by molar-refractivity contribution is -0.138. The molecule has 0 saturated heterocycles. The lowest BCUT2D eigenvalue weighted by Gasteiger charge is -2.15. The molecule has 2 aromatic rings. The summed E-state index contributed by atoms with van der Waals surface area (Å²) < 4.78 is 44.1. The summed E-state index contributed by atoms with van der Waals surface area (Å²) in [5.41, 5.74) is 1.35. The van der Waals surface area contributed by atoms with Gasteiger partial charge in [0.2, 0.25) is 0 Å². The van der Waals surface area contributed by atoms with Crippen LogP contribution in [0.15, 0.2) is 48.5 Å². The number of rotatable bonds is 5. The number of hydrogen-bond donors (Lipinski definition) is 1. The Hall–Kier alpha value is -2.01. The van der Waals surface area contributed by atoms with Gasteiger partial charge in [-0.25, -0.2) is 0 Å². The van der Waals surface area contributed by atoms with E-state index in [-0.39, 0.29) is 18.2 Å². The van der Waals surface area contributed by atoms with E-state index in [1.54, 1.807) is 13.2 Å². The summed E-state index contributed by atoms with van der Waals surface area (Å²) in [6.45, 7) is 2.03. The van der Waals surface area contributed by atoms with Gasteiger partial charge in [0.15, 0.2) is 0 Å². The van der Waals surface area contributed by atoms with E-state index in [0.29, 0.717) is 0 Å². The summed E-state index contributed by atoms with van der Waals surface area (Å²) in [7, 11) is 1.62. The monoisotopic (exact) mass is 309 g/mol. The Morgan fingerprint density at radius 3 is 2.50 bits per heavy atom. The normalized spacial score (nSPS) is 13.0. The second-order valence-corrected chi connectivity index (χ2v) is 5.01. The van der Waals surface area contributed by atoms with Gasteiger partial charge in [-0.15, -0.1) is 0 Å². The fourth-order valence-corrected chi connectivity index (χ4v) is 2.19. The Morgan fingerprint density at radius 1 is 1.09 bits per heavy atom. The zero-order valence-electron chi connectivity index (χ0n) is 12.4. The lowest BCUT2D eigenvalue weighted by atomic mass is 10.1. The van der Waals surface area contributed by atoms with E-state index in [1.165, 1.54) is 12.1 Å². The van der Waals surface area contributed by atoms with Crippen molar-refractivity contribution in [3.05, 3.63) is 65.2 Å². The van der Waals surface area contributed by atoms with Crippen molar-refractivity contribution in [2.75, 3.05) is 12.4 Å². The minimum absolute atomic E-state index is 0.0655. The molecule has 0 aliphatic rings. The van der Waals surface area contributed by atoms with Gasteiger partial charge >= 0.3 is 6.18 Å². The number of ether oxygens (including phenoxy) is 1. The maximum atomic E-state index is 12.9. The number of alkyl halides is 3. The van der Waals surface area contributed by atoms with E-state index in [2.05, 4.69) is 5.32 Å². The Balaban J connectivity index is 2.14. The summed E-state index contributed by atoms with van der Waals surface area (Å²) in [6.07, 6.45) is -4.41. The van der Waals surface area contributed by atoms with Gasteiger partial charge < -0.3 is 10.1 Å². The van der Waals surface area contributed by atoms with Crippen molar-refractivity contribution >= 4 is 5.69 Å². The summed E-state index contributed by atoms with van der Waals surface area (Å²) >= 11 is 0. The van der Waals surface area contributed by atoms with Crippen LogP contribution < -0.4 is 5.32 Å². The standard InChI is InChI=1S/C17H18F3NO/c1-12(22-2)13-7-5-8-15(10-13)21-11-14-6-3-4-9-16(14)17(18,19)20/h3-10,12,21H,11H2,1-2H3. The van der Waals surface area contributed by atoms with Gasteiger partial charge in [0.05, 0.1) is 11.7 Å². The van der Waals surface area contributed by atoms with Crippen molar-refractivity contribution in [2.24, 2.45) is 0 Å². The highest BCUT2D eigenvalue weighted by Crippen LogP contribution is 2.32. The van der Waals surface area contributed by atoms with Crippen LogP contribution in [0.25, 0.3) is 0 Å². The Bertz CT molecular complexity index is 625. The zero-order chi connectivity index (χ0) is 16.2. The molecule has 118 valence electrons. The molecule has 1 unspecified atom stereocenters. The molecule has 1 N–H and O–H groups in total. The molecule has 0 saturated carbocycles. The van der Waals surface area contributed by atoms with Gasteiger partial charge in [0.25, 0.3) is 0 Å². The molecular formula is C17H18F3NO. The van der Waals surface area contributed by atoms with Crippen LogP contribution >= 0.6 is 0 Å². The van der Waals surface area contributed by atoms with Crippen LogP contribution in [-0.4, -0.2) is 7.11 Å². The van der Waals surface area contributed by atoms with Crippen LogP contribution in [0, 0.1) is 0 Å². The minimum Gasteiger partial charge on any atom is -0.381 e. The van der Waals surface area contributed by atoms with Crippen molar-refractivity contribution in [3.63, 3.8) is 0 Å². The van der Waals surface area contributed by atoms with E-state index >= 15 is 0 Å². The largest absolute Gasteiger partial charge is 0.416 e.